The summed E-state index contributed by atoms with van der Waals surface area (Å²) in [5, 5.41) is 0. The zero-order valence-corrected chi connectivity index (χ0v) is 12.5. The largest absolute Gasteiger partial charge is 0.496 e. The molecule has 0 N–H and O–H groups in total. The van der Waals surface area contributed by atoms with E-state index in [-0.39, 0.29) is 0 Å². The molecule has 0 atom stereocenters. The highest BCUT2D eigenvalue weighted by atomic mass is 79.9. The SMILES string of the molecule is COc1ccc(Br)c2c1CCN(C1CCCC1)C2. The smallest absolute Gasteiger partial charge is 0.122 e. The fraction of sp³-hybridized carbons (Fsp3) is 0.600. The maximum atomic E-state index is 5.49. The summed E-state index contributed by atoms with van der Waals surface area (Å²) in [6.07, 6.45) is 6.71. The molecule has 3 heteroatoms. The molecule has 0 saturated heterocycles. The lowest BCUT2D eigenvalue weighted by molar-refractivity contribution is 0.179. The second-order valence-electron chi connectivity index (χ2n) is 5.37. The highest BCUT2D eigenvalue weighted by molar-refractivity contribution is 9.10. The van der Waals surface area contributed by atoms with Crippen LogP contribution in [0.25, 0.3) is 0 Å². The first-order valence-corrected chi connectivity index (χ1v) is 7.67. The van der Waals surface area contributed by atoms with Crippen molar-refractivity contribution in [3.8, 4) is 5.75 Å². The Bertz CT molecular complexity index is 440. The average Bonchev–Trinajstić information content (AvgIpc) is 2.93. The van der Waals surface area contributed by atoms with Gasteiger partial charge in [0.1, 0.15) is 5.75 Å². The first kappa shape index (κ1) is 12.5. The van der Waals surface area contributed by atoms with Crippen molar-refractivity contribution < 1.29 is 4.74 Å². The Morgan fingerprint density at radius 2 is 2.00 bits per heavy atom. The number of benzene rings is 1. The monoisotopic (exact) mass is 309 g/mol. The molecule has 1 aliphatic carbocycles. The van der Waals surface area contributed by atoms with Crippen LogP contribution >= 0.6 is 15.9 Å². The van der Waals surface area contributed by atoms with E-state index in [0.29, 0.717) is 0 Å². The topological polar surface area (TPSA) is 12.5 Å². The van der Waals surface area contributed by atoms with E-state index in [0.717, 1.165) is 24.8 Å². The summed E-state index contributed by atoms with van der Waals surface area (Å²) in [7, 11) is 1.77. The third-order valence-electron chi connectivity index (χ3n) is 4.40. The molecule has 0 radical (unpaired) electrons. The van der Waals surface area contributed by atoms with E-state index in [1.807, 2.05) is 0 Å². The van der Waals surface area contributed by atoms with E-state index in [1.54, 1.807) is 7.11 Å². The quantitative estimate of drug-likeness (QED) is 0.825. The molecular formula is C15H20BrNO. The van der Waals surface area contributed by atoms with Crippen LogP contribution in [0.15, 0.2) is 16.6 Å². The van der Waals surface area contributed by atoms with Gasteiger partial charge in [0.2, 0.25) is 0 Å². The maximum absolute atomic E-state index is 5.49. The Hall–Kier alpha value is -0.540. The Morgan fingerprint density at radius 1 is 1.22 bits per heavy atom. The lowest BCUT2D eigenvalue weighted by Crippen LogP contribution is -2.38. The third-order valence-corrected chi connectivity index (χ3v) is 5.15. The first-order valence-electron chi connectivity index (χ1n) is 6.88. The molecule has 1 saturated carbocycles. The van der Waals surface area contributed by atoms with Crippen LogP contribution in [0, 0.1) is 0 Å². The molecule has 2 aliphatic rings. The van der Waals surface area contributed by atoms with Gasteiger partial charge >= 0.3 is 0 Å². The molecule has 3 rings (SSSR count). The number of halogens is 1. The van der Waals surface area contributed by atoms with E-state index in [1.165, 1.54) is 47.8 Å². The molecule has 98 valence electrons. The van der Waals surface area contributed by atoms with E-state index in [2.05, 4.69) is 33.0 Å². The minimum atomic E-state index is 0.816. The van der Waals surface area contributed by atoms with E-state index < -0.39 is 0 Å². The van der Waals surface area contributed by atoms with Crippen molar-refractivity contribution in [3.63, 3.8) is 0 Å². The Labute approximate surface area is 117 Å². The van der Waals surface area contributed by atoms with Gasteiger partial charge in [-0.2, -0.15) is 0 Å². The van der Waals surface area contributed by atoms with Crippen LogP contribution in [-0.4, -0.2) is 24.6 Å². The summed E-state index contributed by atoms with van der Waals surface area (Å²) in [6.45, 7) is 2.27. The zero-order valence-electron chi connectivity index (χ0n) is 10.9. The Morgan fingerprint density at radius 3 is 2.72 bits per heavy atom. The van der Waals surface area contributed by atoms with E-state index >= 15 is 0 Å². The average molecular weight is 310 g/mol. The molecule has 1 aromatic rings. The molecule has 0 unspecified atom stereocenters. The number of methoxy groups -OCH3 is 1. The molecule has 0 bridgehead atoms. The number of hydrogen-bond donors (Lipinski definition) is 0. The predicted molar refractivity (Wildman–Crippen MR) is 77.1 cm³/mol. The van der Waals surface area contributed by atoms with E-state index in [4.69, 9.17) is 4.74 Å². The summed E-state index contributed by atoms with van der Waals surface area (Å²) in [4.78, 5) is 2.67. The van der Waals surface area contributed by atoms with Crippen molar-refractivity contribution in [1.29, 1.82) is 0 Å². The van der Waals surface area contributed by atoms with Gasteiger partial charge in [-0.1, -0.05) is 28.8 Å². The van der Waals surface area contributed by atoms with Gasteiger partial charge in [0.05, 0.1) is 7.11 Å². The number of hydrogen-bond acceptors (Lipinski definition) is 2. The Kier molecular flexibility index (Phi) is 3.62. The van der Waals surface area contributed by atoms with Gasteiger partial charge in [-0.15, -0.1) is 0 Å². The van der Waals surface area contributed by atoms with Crippen molar-refractivity contribution in [2.24, 2.45) is 0 Å². The predicted octanol–water partition coefficient (Wildman–Crippen LogP) is 3.76. The van der Waals surface area contributed by atoms with Gasteiger partial charge in [-0.3, -0.25) is 4.90 Å². The van der Waals surface area contributed by atoms with Crippen molar-refractivity contribution in [2.75, 3.05) is 13.7 Å². The van der Waals surface area contributed by atoms with Crippen LogP contribution in [0.2, 0.25) is 0 Å². The van der Waals surface area contributed by atoms with Gasteiger partial charge in [-0.25, -0.2) is 0 Å². The second kappa shape index (κ2) is 5.22. The number of nitrogens with zero attached hydrogens (tertiary/aromatic N) is 1. The van der Waals surface area contributed by atoms with Gasteiger partial charge in [-0.05, 0) is 37.0 Å². The molecule has 1 fully saturated rings. The normalized spacial score (nSPS) is 21.0. The zero-order chi connectivity index (χ0) is 12.5. The highest BCUT2D eigenvalue weighted by Crippen LogP contribution is 2.36. The third kappa shape index (κ3) is 2.19. The first-order chi connectivity index (χ1) is 8.79. The molecule has 0 spiro atoms. The van der Waals surface area contributed by atoms with Crippen molar-refractivity contribution in [3.05, 3.63) is 27.7 Å². The fourth-order valence-corrected chi connectivity index (χ4v) is 3.89. The van der Waals surface area contributed by atoms with E-state index in [9.17, 15) is 0 Å². The maximum Gasteiger partial charge on any atom is 0.122 e. The van der Waals surface area contributed by atoms with Crippen LogP contribution < -0.4 is 4.74 Å². The van der Waals surface area contributed by atoms with Gasteiger partial charge < -0.3 is 4.74 Å². The minimum absolute atomic E-state index is 0.816. The van der Waals surface area contributed by atoms with Crippen LogP contribution in [0.3, 0.4) is 0 Å². The molecule has 2 nitrogen and oxygen atoms in total. The van der Waals surface area contributed by atoms with Crippen LogP contribution in [0.5, 0.6) is 5.75 Å². The van der Waals surface area contributed by atoms with Crippen LogP contribution in [0.1, 0.15) is 36.8 Å². The molecule has 0 amide bonds. The fourth-order valence-electron chi connectivity index (χ4n) is 3.40. The number of fused-ring (bicyclic) bond motifs is 1. The summed E-state index contributed by atoms with van der Waals surface area (Å²) in [6, 6.07) is 5.01. The Balaban J connectivity index is 1.87. The van der Waals surface area contributed by atoms with Crippen LogP contribution in [-0.2, 0) is 13.0 Å². The van der Waals surface area contributed by atoms with Crippen molar-refractivity contribution in [2.45, 2.75) is 44.7 Å². The van der Waals surface area contributed by atoms with Gasteiger partial charge in [0, 0.05) is 29.2 Å². The molecule has 1 aromatic carbocycles. The molecule has 1 heterocycles. The summed E-state index contributed by atoms with van der Waals surface area (Å²) >= 11 is 3.70. The molecule has 18 heavy (non-hydrogen) atoms. The summed E-state index contributed by atoms with van der Waals surface area (Å²) < 4.78 is 6.73. The summed E-state index contributed by atoms with van der Waals surface area (Å²) in [5.41, 5.74) is 2.84. The van der Waals surface area contributed by atoms with Gasteiger partial charge in [0.15, 0.2) is 0 Å². The van der Waals surface area contributed by atoms with Crippen LogP contribution in [0.4, 0.5) is 0 Å². The molecule has 0 aromatic heterocycles. The molecule has 1 aliphatic heterocycles. The lowest BCUT2D eigenvalue weighted by atomic mass is 9.97. The summed E-state index contributed by atoms with van der Waals surface area (Å²) in [5.74, 6) is 1.05. The number of ether oxygens (including phenoxy) is 1. The van der Waals surface area contributed by atoms with Crippen molar-refractivity contribution >= 4 is 15.9 Å². The second-order valence-corrected chi connectivity index (χ2v) is 6.22. The highest BCUT2D eigenvalue weighted by Gasteiger charge is 2.28. The minimum Gasteiger partial charge on any atom is -0.496 e. The molecular weight excluding hydrogens is 290 g/mol. The van der Waals surface area contributed by atoms with Gasteiger partial charge in [0.25, 0.3) is 0 Å². The number of rotatable bonds is 2. The standard InChI is InChI=1S/C15H20BrNO/c1-18-15-7-6-14(16)13-10-17(9-8-12(13)15)11-4-2-3-5-11/h6-7,11H,2-5,8-10H2,1H3. The lowest BCUT2D eigenvalue weighted by Gasteiger charge is -2.34. The van der Waals surface area contributed by atoms with Crippen molar-refractivity contribution in [1.82, 2.24) is 4.90 Å².